The number of benzene rings is 4. The van der Waals surface area contributed by atoms with Gasteiger partial charge >= 0.3 is 17.9 Å². The zero-order valence-corrected chi connectivity index (χ0v) is 28.9. The molecular formula is C40H43F2N3O6. The van der Waals surface area contributed by atoms with E-state index in [0.717, 1.165) is 16.0 Å². The molecule has 4 aromatic rings. The average Bonchev–Trinajstić information content (AvgIpc) is 3.15. The summed E-state index contributed by atoms with van der Waals surface area (Å²) in [5.74, 6) is -8.82. The Morgan fingerprint density at radius 1 is 0.706 bits per heavy atom. The number of nitrogens with one attached hydrogen (secondary N) is 2. The van der Waals surface area contributed by atoms with E-state index >= 15 is 8.78 Å². The number of nitrogens with zero attached hydrogens (tertiary/aromatic N) is 1. The fourth-order valence-electron chi connectivity index (χ4n) is 5.25. The van der Waals surface area contributed by atoms with Crippen LogP contribution in [0.25, 0.3) is 0 Å². The largest absolute Gasteiger partial charge is 0.489 e. The minimum Gasteiger partial charge on any atom is -0.489 e. The van der Waals surface area contributed by atoms with E-state index in [1.54, 1.807) is 92.7 Å². The number of alkyl halides is 2. The fraction of sp³-hybridized carbons (Fsp3) is 0.300. The Labute approximate surface area is 297 Å². The van der Waals surface area contributed by atoms with Gasteiger partial charge in [0.2, 0.25) is 11.7 Å². The molecule has 1 unspecified atom stereocenters. The van der Waals surface area contributed by atoms with Gasteiger partial charge in [-0.05, 0) is 47.2 Å². The third-order valence-electron chi connectivity index (χ3n) is 8.14. The molecule has 4 rings (SSSR count). The summed E-state index contributed by atoms with van der Waals surface area (Å²) < 4.78 is 42.9. The van der Waals surface area contributed by atoms with Gasteiger partial charge in [-0.1, -0.05) is 117 Å². The van der Waals surface area contributed by atoms with Gasteiger partial charge in [0, 0.05) is 19.5 Å². The second kappa shape index (κ2) is 18.4. The summed E-state index contributed by atoms with van der Waals surface area (Å²) in [6, 6.07) is 30.4. The topological polar surface area (TPSA) is 114 Å². The van der Waals surface area contributed by atoms with Crippen LogP contribution in [0, 0.1) is 5.92 Å². The highest BCUT2D eigenvalue weighted by Gasteiger charge is 2.52. The standard InChI is InChI=1S/C40H43F2N3O6/c1-4-45(25-30-14-8-5-9-15-30)38(48)40(41,42)36(46)34(24-29-20-22-33(23-21-29)50-26-31-16-10-6-11-17-31)43-37(47)35(28(2)3)44-39(49)51-27-32-18-12-7-13-19-32/h5-23,28,34-35H,4,24-27H2,1-3H3,(H,43,47)(H,44,49)/t34?,35-/m0/s1. The maximum atomic E-state index is 15.9. The summed E-state index contributed by atoms with van der Waals surface area (Å²) >= 11 is 0. The van der Waals surface area contributed by atoms with Gasteiger partial charge in [-0.25, -0.2) is 4.79 Å². The van der Waals surface area contributed by atoms with Gasteiger partial charge in [-0.3, -0.25) is 14.4 Å². The van der Waals surface area contributed by atoms with Crippen LogP contribution in [0.2, 0.25) is 0 Å². The molecule has 0 bridgehead atoms. The molecule has 0 radical (unpaired) electrons. The maximum absolute atomic E-state index is 15.9. The molecule has 268 valence electrons. The number of halogens is 2. The van der Waals surface area contributed by atoms with Crippen molar-refractivity contribution in [3.63, 3.8) is 0 Å². The highest BCUT2D eigenvalue weighted by Crippen LogP contribution is 2.24. The van der Waals surface area contributed by atoms with Gasteiger partial charge < -0.3 is 25.0 Å². The second-order valence-electron chi connectivity index (χ2n) is 12.4. The summed E-state index contributed by atoms with van der Waals surface area (Å²) in [5.41, 5.74) is 2.71. The second-order valence-corrected chi connectivity index (χ2v) is 12.4. The molecule has 11 heteroatoms. The Bertz CT molecular complexity index is 1720. The Morgan fingerprint density at radius 2 is 1.24 bits per heavy atom. The van der Waals surface area contributed by atoms with Crippen molar-refractivity contribution in [1.29, 1.82) is 0 Å². The molecule has 0 saturated carbocycles. The first-order chi connectivity index (χ1) is 24.5. The smallest absolute Gasteiger partial charge is 0.408 e. The molecule has 4 aromatic carbocycles. The van der Waals surface area contributed by atoms with Crippen LogP contribution in [0.15, 0.2) is 115 Å². The lowest BCUT2D eigenvalue weighted by molar-refractivity contribution is -0.168. The zero-order valence-electron chi connectivity index (χ0n) is 28.9. The van der Waals surface area contributed by atoms with E-state index in [4.69, 9.17) is 9.47 Å². The number of carbonyl (C=O) groups excluding carboxylic acids is 4. The molecular weight excluding hydrogens is 656 g/mol. The lowest BCUT2D eigenvalue weighted by Crippen LogP contribution is -2.59. The number of alkyl carbamates (subject to hydrolysis) is 1. The van der Waals surface area contributed by atoms with E-state index in [9.17, 15) is 19.2 Å². The van der Waals surface area contributed by atoms with Gasteiger partial charge in [-0.2, -0.15) is 8.78 Å². The van der Waals surface area contributed by atoms with Crippen LogP contribution in [0.4, 0.5) is 13.6 Å². The quantitative estimate of drug-likeness (QED) is 0.122. The average molecular weight is 700 g/mol. The van der Waals surface area contributed by atoms with Crippen LogP contribution in [0.3, 0.4) is 0 Å². The van der Waals surface area contributed by atoms with Crippen LogP contribution in [-0.2, 0) is 45.3 Å². The van der Waals surface area contributed by atoms with E-state index in [-0.39, 0.29) is 26.1 Å². The Balaban J connectivity index is 1.53. The SMILES string of the molecule is CCN(Cc1ccccc1)C(=O)C(F)(F)C(=O)C(Cc1ccc(OCc2ccccc2)cc1)NC(=O)[C@@H](NC(=O)OCc1ccccc1)C(C)C. The van der Waals surface area contributed by atoms with Crippen LogP contribution in [0.1, 0.15) is 43.0 Å². The summed E-state index contributed by atoms with van der Waals surface area (Å²) in [4.78, 5) is 54.1. The Hall–Kier alpha value is -5.58. The molecule has 0 aliphatic carbocycles. The summed E-state index contributed by atoms with van der Waals surface area (Å²) in [6.07, 6.45) is -1.26. The van der Waals surface area contributed by atoms with Gasteiger partial charge in [0.1, 0.15) is 25.0 Å². The van der Waals surface area contributed by atoms with Crippen molar-refractivity contribution in [2.75, 3.05) is 6.54 Å². The van der Waals surface area contributed by atoms with Crippen molar-refractivity contribution < 1.29 is 37.4 Å². The molecule has 2 N–H and O–H groups in total. The van der Waals surface area contributed by atoms with Gasteiger partial charge in [0.25, 0.3) is 0 Å². The number of amides is 3. The highest BCUT2D eigenvalue weighted by molar-refractivity contribution is 6.10. The molecule has 0 aliphatic heterocycles. The monoisotopic (exact) mass is 699 g/mol. The predicted molar refractivity (Wildman–Crippen MR) is 189 cm³/mol. The molecule has 0 spiro atoms. The van der Waals surface area contributed by atoms with Crippen LogP contribution in [0.5, 0.6) is 5.75 Å². The molecule has 0 fully saturated rings. The van der Waals surface area contributed by atoms with E-state index < -0.39 is 47.6 Å². The number of carbonyl (C=O) groups is 4. The molecule has 0 aliphatic rings. The third kappa shape index (κ3) is 11.2. The van der Waals surface area contributed by atoms with E-state index in [2.05, 4.69) is 10.6 Å². The predicted octanol–water partition coefficient (Wildman–Crippen LogP) is 6.50. The fourth-order valence-corrected chi connectivity index (χ4v) is 5.25. The minimum atomic E-state index is -4.48. The van der Waals surface area contributed by atoms with Crippen molar-refractivity contribution >= 4 is 23.7 Å². The van der Waals surface area contributed by atoms with Crippen LogP contribution < -0.4 is 15.4 Å². The molecule has 3 amide bonds. The first-order valence-corrected chi connectivity index (χ1v) is 16.8. The van der Waals surface area contributed by atoms with E-state index in [1.807, 2.05) is 36.4 Å². The number of rotatable bonds is 17. The van der Waals surface area contributed by atoms with Gasteiger partial charge in [0.05, 0.1) is 6.04 Å². The summed E-state index contributed by atoms with van der Waals surface area (Å²) in [6.45, 7) is 4.86. The van der Waals surface area contributed by atoms with Crippen molar-refractivity contribution in [2.24, 2.45) is 5.92 Å². The van der Waals surface area contributed by atoms with Crippen molar-refractivity contribution in [3.8, 4) is 5.75 Å². The van der Waals surface area contributed by atoms with E-state index in [1.165, 1.54) is 6.92 Å². The number of hydrogen-bond acceptors (Lipinski definition) is 6. The summed E-state index contributed by atoms with van der Waals surface area (Å²) in [7, 11) is 0. The lowest BCUT2D eigenvalue weighted by Gasteiger charge is -2.29. The Kier molecular flexibility index (Phi) is 13.8. The van der Waals surface area contributed by atoms with Crippen LogP contribution in [-0.4, -0.2) is 53.1 Å². The molecule has 9 nitrogen and oxygen atoms in total. The van der Waals surface area contributed by atoms with Crippen molar-refractivity contribution in [3.05, 3.63) is 138 Å². The van der Waals surface area contributed by atoms with Gasteiger partial charge in [0.15, 0.2) is 0 Å². The highest BCUT2D eigenvalue weighted by atomic mass is 19.3. The third-order valence-corrected chi connectivity index (χ3v) is 8.14. The zero-order chi connectivity index (χ0) is 36.8. The maximum Gasteiger partial charge on any atom is 0.408 e. The number of Topliss-reactive ketones (excluding diaryl/α,β-unsaturated/α-hetero) is 1. The Morgan fingerprint density at radius 3 is 1.76 bits per heavy atom. The van der Waals surface area contributed by atoms with Crippen molar-refractivity contribution in [2.45, 2.75) is 65.0 Å². The van der Waals surface area contributed by atoms with Crippen molar-refractivity contribution in [1.82, 2.24) is 15.5 Å². The van der Waals surface area contributed by atoms with Crippen LogP contribution >= 0.6 is 0 Å². The first-order valence-electron chi connectivity index (χ1n) is 16.8. The normalized spacial score (nSPS) is 12.4. The van der Waals surface area contributed by atoms with E-state index in [0.29, 0.717) is 23.5 Å². The van der Waals surface area contributed by atoms with Gasteiger partial charge in [-0.15, -0.1) is 0 Å². The number of hydrogen-bond donors (Lipinski definition) is 2. The summed E-state index contributed by atoms with van der Waals surface area (Å²) in [5, 5.41) is 4.90. The lowest BCUT2D eigenvalue weighted by atomic mass is 9.96. The molecule has 0 heterocycles. The first kappa shape index (κ1) is 38.2. The molecule has 51 heavy (non-hydrogen) atoms. The number of ether oxygens (including phenoxy) is 2. The minimum absolute atomic E-state index is 0.0590. The molecule has 2 atom stereocenters. The molecule has 0 aromatic heterocycles. The molecule has 0 saturated heterocycles. The number of ketones is 1.